The summed E-state index contributed by atoms with van der Waals surface area (Å²) >= 11 is 1.40. The van der Waals surface area contributed by atoms with Gasteiger partial charge in [0.15, 0.2) is 5.09 Å². The Hall–Kier alpha value is -2.79. The summed E-state index contributed by atoms with van der Waals surface area (Å²) in [6.07, 6.45) is 0. The van der Waals surface area contributed by atoms with Crippen molar-refractivity contribution in [1.29, 1.82) is 0 Å². The smallest absolute Gasteiger partial charge is 0.278 e. The molecule has 0 aliphatic carbocycles. The molecule has 2 aliphatic rings. The topological polar surface area (TPSA) is 50.7 Å². The first-order valence-corrected chi connectivity index (χ1v) is 7.99. The molecular formula is C18H12N2O2S. The Morgan fingerprint density at radius 2 is 1.57 bits per heavy atom. The molecule has 2 aromatic carbocycles. The molecule has 0 fully saturated rings. The number of hydrogen-bond donors (Lipinski definition) is 1. The largest absolute Gasteiger partial charge is 0.448 e. The molecule has 0 bridgehead atoms. The van der Waals surface area contributed by atoms with E-state index in [4.69, 9.17) is 4.74 Å². The van der Waals surface area contributed by atoms with Crippen LogP contribution in [0.5, 0.6) is 0 Å². The summed E-state index contributed by atoms with van der Waals surface area (Å²) in [6.45, 7) is 0. The van der Waals surface area contributed by atoms with Gasteiger partial charge in [-0.1, -0.05) is 72.4 Å². The molecule has 2 aromatic rings. The van der Waals surface area contributed by atoms with Gasteiger partial charge in [0.05, 0.1) is 0 Å². The highest BCUT2D eigenvalue weighted by Crippen LogP contribution is 2.39. The summed E-state index contributed by atoms with van der Waals surface area (Å²) in [5.41, 5.74) is 5.47. The summed E-state index contributed by atoms with van der Waals surface area (Å²) in [5, 5.41) is 6.62. The van der Waals surface area contributed by atoms with Crippen LogP contribution >= 0.6 is 11.8 Å². The van der Waals surface area contributed by atoms with E-state index in [0.717, 1.165) is 16.9 Å². The lowest BCUT2D eigenvalue weighted by atomic mass is 10.0. The summed E-state index contributed by atoms with van der Waals surface area (Å²) < 4.78 is 5.92. The number of nitrogens with one attached hydrogen (secondary N) is 1. The number of hydrogen-bond acceptors (Lipinski definition) is 4. The van der Waals surface area contributed by atoms with Crippen molar-refractivity contribution in [3.05, 3.63) is 87.9 Å². The molecule has 0 saturated heterocycles. The van der Waals surface area contributed by atoms with Crippen LogP contribution in [0.3, 0.4) is 0 Å². The van der Waals surface area contributed by atoms with Gasteiger partial charge in [0.2, 0.25) is 0 Å². The third-order valence-corrected chi connectivity index (χ3v) is 4.35. The maximum atomic E-state index is 12.2. The molecule has 0 radical (unpaired) electrons. The van der Waals surface area contributed by atoms with Crippen molar-refractivity contribution in [3.63, 3.8) is 0 Å². The lowest BCUT2D eigenvalue weighted by Crippen LogP contribution is -2.15. The minimum absolute atomic E-state index is 0.242. The minimum Gasteiger partial charge on any atom is -0.448 e. The minimum atomic E-state index is -0.242. The monoisotopic (exact) mass is 320 g/mol. The lowest BCUT2D eigenvalue weighted by Gasteiger charge is -2.07. The molecule has 0 aromatic heterocycles. The van der Waals surface area contributed by atoms with Gasteiger partial charge in [-0.15, -0.1) is 0 Å². The molecule has 0 spiro atoms. The van der Waals surface area contributed by atoms with Crippen LogP contribution in [0, 0.1) is 0 Å². The second-order valence-corrected chi connectivity index (χ2v) is 5.84. The predicted molar refractivity (Wildman–Crippen MR) is 91.2 cm³/mol. The van der Waals surface area contributed by atoms with Crippen molar-refractivity contribution in [3.8, 4) is 0 Å². The molecule has 2 heterocycles. The van der Waals surface area contributed by atoms with Crippen molar-refractivity contribution in [2.24, 2.45) is 5.10 Å². The Bertz CT molecular complexity index is 855. The third-order valence-electron chi connectivity index (χ3n) is 3.52. The predicted octanol–water partition coefficient (Wildman–Crippen LogP) is 3.49. The quantitative estimate of drug-likeness (QED) is 0.862. The van der Waals surface area contributed by atoms with Crippen LogP contribution in [0.4, 0.5) is 0 Å². The zero-order valence-electron chi connectivity index (χ0n) is 12.0. The Labute approximate surface area is 137 Å². The van der Waals surface area contributed by atoms with E-state index in [-0.39, 0.29) is 5.91 Å². The first-order valence-electron chi connectivity index (χ1n) is 7.11. The van der Waals surface area contributed by atoms with Gasteiger partial charge in [0.1, 0.15) is 17.0 Å². The third kappa shape index (κ3) is 2.55. The summed E-state index contributed by atoms with van der Waals surface area (Å²) in [4.78, 5) is 12.2. The fourth-order valence-corrected chi connectivity index (χ4v) is 3.26. The van der Waals surface area contributed by atoms with E-state index >= 15 is 0 Å². The number of nitrogens with zero attached hydrogens (tertiary/aromatic N) is 1. The van der Waals surface area contributed by atoms with Crippen LogP contribution in [-0.4, -0.2) is 11.6 Å². The Morgan fingerprint density at radius 3 is 2.26 bits per heavy atom. The molecule has 0 unspecified atom stereocenters. The second-order valence-electron chi connectivity index (χ2n) is 5.00. The molecule has 1 amide bonds. The Balaban J connectivity index is 1.68. The van der Waals surface area contributed by atoms with Crippen molar-refractivity contribution >= 4 is 29.1 Å². The number of benzene rings is 2. The maximum absolute atomic E-state index is 12.2. The Morgan fingerprint density at radius 1 is 0.913 bits per heavy atom. The SMILES string of the molecule is O=C1NN=C(c2ccccc2)/C1=C1/OC(c2ccccc2)=CS1. The van der Waals surface area contributed by atoms with Crippen LogP contribution < -0.4 is 5.43 Å². The van der Waals surface area contributed by atoms with E-state index in [1.807, 2.05) is 66.1 Å². The molecule has 1 N–H and O–H groups in total. The van der Waals surface area contributed by atoms with E-state index in [2.05, 4.69) is 10.5 Å². The molecule has 2 aliphatic heterocycles. The average molecular weight is 320 g/mol. The van der Waals surface area contributed by atoms with Gasteiger partial charge >= 0.3 is 0 Å². The molecule has 0 saturated carbocycles. The molecule has 0 atom stereocenters. The van der Waals surface area contributed by atoms with Crippen LogP contribution in [0.2, 0.25) is 0 Å². The van der Waals surface area contributed by atoms with Gasteiger partial charge in [0.25, 0.3) is 5.91 Å². The highest BCUT2D eigenvalue weighted by molar-refractivity contribution is 8.06. The number of thioether (sulfide) groups is 1. The fourth-order valence-electron chi connectivity index (χ4n) is 2.41. The van der Waals surface area contributed by atoms with Gasteiger partial charge in [-0.05, 0) is 0 Å². The first kappa shape index (κ1) is 13.8. The summed E-state index contributed by atoms with van der Waals surface area (Å²) in [6, 6.07) is 19.4. The van der Waals surface area contributed by atoms with Crippen molar-refractivity contribution in [2.75, 3.05) is 0 Å². The van der Waals surface area contributed by atoms with E-state index in [1.165, 1.54) is 11.8 Å². The van der Waals surface area contributed by atoms with E-state index in [1.54, 1.807) is 0 Å². The van der Waals surface area contributed by atoms with Crippen molar-refractivity contribution in [2.45, 2.75) is 0 Å². The molecule has 112 valence electrons. The average Bonchev–Trinajstić information content (AvgIpc) is 3.23. The highest BCUT2D eigenvalue weighted by Gasteiger charge is 2.31. The first-order chi connectivity index (χ1) is 11.3. The number of hydrazone groups is 1. The summed E-state index contributed by atoms with van der Waals surface area (Å²) in [5.74, 6) is 0.499. The second kappa shape index (κ2) is 5.78. The summed E-state index contributed by atoms with van der Waals surface area (Å²) in [7, 11) is 0. The molecule has 5 heteroatoms. The molecular weight excluding hydrogens is 308 g/mol. The standard InChI is InChI=1S/C18H12N2O2S/c21-17-15(16(19-20-17)13-9-5-2-6-10-13)18-22-14(11-23-18)12-7-3-1-4-8-12/h1-11H,(H,20,21)/b18-15+. The van der Waals surface area contributed by atoms with E-state index < -0.39 is 0 Å². The van der Waals surface area contributed by atoms with E-state index in [9.17, 15) is 4.79 Å². The highest BCUT2D eigenvalue weighted by atomic mass is 32.2. The number of rotatable bonds is 2. The van der Waals surface area contributed by atoms with Crippen LogP contribution in [-0.2, 0) is 9.53 Å². The molecule has 23 heavy (non-hydrogen) atoms. The van der Waals surface area contributed by atoms with Crippen molar-refractivity contribution in [1.82, 2.24) is 5.43 Å². The fraction of sp³-hybridized carbons (Fsp3) is 0. The van der Waals surface area contributed by atoms with Gasteiger partial charge in [0, 0.05) is 16.5 Å². The maximum Gasteiger partial charge on any atom is 0.278 e. The van der Waals surface area contributed by atoms with E-state index in [0.29, 0.717) is 16.4 Å². The van der Waals surface area contributed by atoms with Crippen LogP contribution in [0.25, 0.3) is 5.76 Å². The van der Waals surface area contributed by atoms with Gasteiger partial charge in [-0.25, -0.2) is 5.43 Å². The van der Waals surface area contributed by atoms with Crippen molar-refractivity contribution < 1.29 is 9.53 Å². The lowest BCUT2D eigenvalue weighted by molar-refractivity contribution is -0.116. The van der Waals surface area contributed by atoms with Crippen LogP contribution in [0.15, 0.2) is 81.8 Å². The molecule has 4 rings (SSSR count). The van der Waals surface area contributed by atoms with Gasteiger partial charge < -0.3 is 4.74 Å². The van der Waals surface area contributed by atoms with Gasteiger partial charge in [-0.2, -0.15) is 5.10 Å². The normalized spacial score (nSPS) is 19.9. The molecule has 4 nitrogen and oxygen atoms in total. The Kier molecular flexibility index (Phi) is 3.48. The van der Waals surface area contributed by atoms with Gasteiger partial charge in [-0.3, -0.25) is 4.79 Å². The van der Waals surface area contributed by atoms with Crippen LogP contribution in [0.1, 0.15) is 11.1 Å². The number of carbonyl (C=O) groups is 1. The zero-order valence-corrected chi connectivity index (χ0v) is 12.8. The zero-order chi connectivity index (χ0) is 15.6. The number of carbonyl (C=O) groups excluding carboxylic acids is 1. The number of ether oxygens (including phenoxy) is 1. The number of amides is 1.